The summed E-state index contributed by atoms with van der Waals surface area (Å²) in [4.78, 5) is 0. The molecular weight excluding hydrogens is 356 g/mol. The molecule has 0 radical (unpaired) electrons. The highest BCUT2D eigenvalue weighted by atomic mass is 16.7. The van der Waals surface area contributed by atoms with Crippen molar-refractivity contribution in [2.75, 3.05) is 66.6 Å². The molecular formula is C22H42N2O4+2. The molecule has 0 aromatic rings. The van der Waals surface area contributed by atoms with Crippen LogP contribution in [0.15, 0.2) is 0 Å². The Morgan fingerprint density at radius 2 is 1.00 bits per heavy atom. The van der Waals surface area contributed by atoms with Gasteiger partial charge in [-0.15, -0.1) is 0 Å². The first kappa shape index (κ1) is 21.0. The van der Waals surface area contributed by atoms with Gasteiger partial charge in [-0.2, -0.15) is 0 Å². The van der Waals surface area contributed by atoms with Crippen molar-refractivity contribution in [3.8, 4) is 0 Å². The lowest BCUT2D eigenvalue weighted by Gasteiger charge is -2.39. The quantitative estimate of drug-likeness (QED) is 0.618. The van der Waals surface area contributed by atoms with Gasteiger partial charge >= 0.3 is 0 Å². The van der Waals surface area contributed by atoms with Crippen molar-refractivity contribution < 1.29 is 27.9 Å². The molecule has 4 fully saturated rings. The zero-order valence-corrected chi connectivity index (χ0v) is 18.2. The number of nitrogens with zero attached hydrogens (tertiary/aromatic N) is 2. The van der Waals surface area contributed by atoms with Crippen molar-refractivity contribution in [1.29, 1.82) is 0 Å². The van der Waals surface area contributed by atoms with Crippen LogP contribution < -0.4 is 0 Å². The van der Waals surface area contributed by atoms with Gasteiger partial charge in [0.05, 0.1) is 53.5 Å². The molecule has 4 aliphatic heterocycles. The van der Waals surface area contributed by atoms with Crippen LogP contribution >= 0.6 is 0 Å². The minimum Gasteiger partial charge on any atom is -0.350 e. The van der Waals surface area contributed by atoms with Gasteiger partial charge in [0.25, 0.3) is 0 Å². The average Bonchev–Trinajstić information content (AvgIpc) is 3.29. The fourth-order valence-corrected chi connectivity index (χ4v) is 5.68. The van der Waals surface area contributed by atoms with Crippen LogP contribution in [-0.4, -0.2) is 100 Å². The number of rotatable bonds is 7. The predicted molar refractivity (Wildman–Crippen MR) is 108 cm³/mol. The molecule has 28 heavy (non-hydrogen) atoms. The molecule has 4 atom stereocenters. The molecule has 0 amide bonds. The summed E-state index contributed by atoms with van der Waals surface area (Å²) in [5.41, 5.74) is 0. The molecule has 0 aromatic heterocycles. The highest BCUT2D eigenvalue weighted by molar-refractivity contribution is 4.70. The van der Waals surface area contributed by atoms with Crippen LogP contribution in [0.5, 0.6) is 0 Å². The van der Waals surface area contributed by atoms with Gasteiger partial charge in [0.2, 0.25) is 0 Å². The van der Waals surface area contributed by atoms with Crippen LogP contribution in [0.2, 0.25) is 0 Å². The Balaban J connectivity index is 1.14. The van der Waals surface area contributed by atoms with Crippen molar-refractivity contribution in [2.24, 2.45) is 0 Å². The molecule has 0 bridgehead atoms. The number of hydrogen-bond acceptors (Lipinski definition) is 4. The first-order valence-electron chi connectivity index (χ1n) is 11.7. The van der Waals surface area contributed by atoms with Gasteiger partial charge in [-0.25, -0.2) is 0 Å². The van der Waals surface area contributed by atoms with E-state index in [1.165, 1.54) is 64.7 Å². The Kier molecular flexibility index (Phi) is 6.96. The third-order valence-electron chi connectivity index (χ3n) is 7.34. The van der Waals surface area contributed by atoms with E-state index >= 15 is 0 Å². The van der Waals surface area contributed by atoms with Gasteiger partial charge in [0.1, 0.15) is 25.3 Å². The SMILES string of the molecule is C[N+]1(CC2COC(CCC3OCC(C[N+]4(C)CCCCC4)O3)O2)CCCCC1. The van der Waals surface area contributed by atoms with Gasteiger partial charge in [-0.3, -0.25) is 0 Å². The minimum atomic E-state index is -0.0840. The second kappa shape index (κ2) is 9.27. The molecule has 4 saturated heterocycles. The lowest BCUT2D eigenvalue weighted by atomic mass is 10.1. The minimum absolute atomic E-state index is 0.0840. The van der Waals surface area contributed by atoms with E-state index in [1.807, 2.05) is 0 Å². The van der Waals surface area contributed by atoms with Crippen LogP contribution in [0.25, 0.3) is 0 Å². The van der Waals surface area contributed by atoms with Crippen molar-refractivity contribution in [3.63, 3.8) is 0 Å². The number of likely N-dealkylation sites (tertiary alicyclic amines) is 2. The van der Waals surface area contributed by atoms with Gasteiger partial charge in [-0.05, 0) is 38.5 Å². The fraction of sp³-hybridized carbons (Fsp3) is 1.00. The van der Waals surface area contributed by atoms with Crippen LogP contribution in [0.3, 0.4) is 0 Å². The second-order valence-electron chi connectivity index (χ2n) is 10.2. The van der Waals surface area contributed by atoms with E-state index in [9.17, 15) is 0 Å². The molecule has 6 heteroatoms. The molecule has 0 spiro atoms. The molecule has 0 aromatic carbocycles. The van der Waals surface area contributed by atoms with Crippen LogP contribution in [-0.2, 0) is 18.9 Å². The van der Waals surface area contributed by atoms with E-state index in [0.717, 1.165) is 48.1 Å². The molecule has 4 rings (SSSR count). The van der Waals surface area contributed by atoms with E-state index in [0.29, 0.717) is 0 Å². The first-order chi connectivity index (χ1) is 13.5. The number of piperidine rings is 2. The van der Waals surface area contributed by atoms with E-state index in [2.05, 4.69) is 14.1 Å². The number of quaternary nitrogens is 2. The fourth-order valence-electron chi connectivity index (χ4n) is 5.68. The van der Waals surface area contributed by atoms with Crippen molar-refractivity contribution in [3.05, 3.63) is 0 Å². The predicted octanol–water partition coefficient (Wildman–Crippen LogP) is 2.51. The molecule has 4 heterocycles. The topological polar surface area (TPSA) is 36.9 Å². The van der Waals surface area contributed by atoms with Crippen molar-refractivity contribution >= 4 is 0 Å². The Morgan fingerprint density at radius 1 is 0.607 bits per heavy atom. The maximum absolute atomic E-state index is 6.20. The third kappa shape index (κ3) is 5.67. The summed E-state index contributed by atoms with van der Waals surface area (Å²) in [6, 6.07) is 0. The van der Waals surface area contributed by atoms with Gasteiger partial charge in [0.15, 0.2) is 12.6 Å². The molecule has 4 aliphatic rings. The smallest absolute Gasteiger partial charge is 0.158 e. The summed E-state index contributed by atoms with van der Waals surface area (Å²) in [5.74, 6) is 0. The highest BCUT2D eigenvalue weighted by Crippen LogP contribution is 2.26. The molecule has 0 N–H and O–H groups in total. The van der Waals surface area contributed by atoms with E-state index in [4.69, 9.17) is 18.9 Å². The third-order valence-corrected chi connectivity index (χ3v) is 7.34. The van der Waals surface area contributed by atoms with Crippen molar-refractivity contribution in [1.82, 2.24) is 0 Å². The Bertz CT molecular complexity index is 447. The summed E-state index contributed by atoms with van der Waals surface area (Å²) in [7, 11) is 4.75. The summed E-state index contributed by atoms with van der Waals surface area (Å²) in [5, 5.41) is 0. The molecule has 4 unspecified atom stereocenters. The molecule has 0 aliphatic carbocycles. The Morgan fingerprint density at radius 3 is 1.39 bits per heavy atom. The highest BCUT2D eigenvalue weighted by Gasteiger charge is 2.37. The van der Waals surface area contributed by atoms with Crippen LogP contribution in [0.4, 0.5) is 0 Å². The average molecular weight is 399 g/mol. The second-order valence-corrected chi connectivity index (χ2v) is 10.2. The molecule has 162 valence electrons. The lowest BCUT2D eigenvalue weighted by Crippen LogP contribution is -2.52. The van der Waals surface area contributed by atoms with Gasteiger partial charge < -0.3 is 27.9 Å². The number of hydrogen-bond donors (Lipinski definition) is 0. The lowest BCUT2D eigenvalue weighted by molar-refractivity contribution is -0.916. The van der Waals surface area contributed by atoms with E-state index < -0.39 is 0 Å². The van der Waals surface area contributed by atoms with Crippen molar-refractivity contribution in [2.45, 2.75) is 76.2 Å². The summed E-state index contributed by atoms with van der Waals surface area (Å²) in [6.07, 6.45) is 10.2. The van der Waals surface area contributed by atoms with E-state index in [-0.39, 0.29) is 24.8 Å². The normalized spacial score (nSPS) is 37.9. The van der Waals surface area contributed by atoms with Gasteiger partial charge in [-0.1, -0.05) is 0 Å². The van der Waals surface area contributed by atoms with Gasteiger partial charge in [0, 0.05) is 12.8 Å². The monoisotopic (exact) mass is 398 g/mol. The summed E-state index contributed by atoms with van der Waals surface area (Å²) in [6.45, 7) is 8.80. The van der Waals surface area contributed by atoms with E-state index in [1.54, 1.807) is 0 Å². The Labute approximate surface area is 171 Å². The maximum atomic E-state index is 6.20. The zero-order valence-electron chi connectivity index (χ0n) is 18.2. The Hall–Kier alpha value is -0.240. The van der Waals surface area contributed by atoms with Crippen LogP contribution in [0.1, 0.15) is 51.4 Å². The summed E-state index contributed by atoms with van der Waals surface area (Å²) < 4.78 is 26.6. The first-order valence-corrected chi connectivity index (χ1v) is 11.7. The standard InChI is InChI=1S/C22H42N2O4/c1-23(11-5-3-6-12-23)15-19-17-25-21(27-19)9-10-22-26-18-20(28-22)16-24(2)13-7-4-8-14-24/h19-22H,3-18H2,1-2H3/q+2. The number of ether oxygens (including phenoxy) is 4. The largest absolute Gasteiger partial charge is 0.350 e. The van der Waals surface area contributed by atoms with Crippen LogP contribution in [0, 0.1) is 0 Å². The maximum Gasteiger partial charge on any atom is 0.158 e. The molecule has 0 saturated carbocycles. The number of likely N-dealkylation sites (N-methyl/N-ethyl adjacent to an activating group) is 2. The molecule has 6 nitrogen and oxygen atoms in total. The summed E-state index contributed by atoms with van der Waals surface area (Å²) >= 11 is 0. The zero-order chi connectivity index (χ0) is 19.5.